The summed E-state index contributed by atoms with van der Waals surface area (Å²) in [7, 11) is 0. The van der Waals surface area contributed by atoms with E-state index < -0.39 is 0 Å². The molecular weight excluding hydrogens is 318 g/mol. The Morgan fingerprint density at radius 2 is 1.85 bits per heavy atom. The summed E-state index contributed by atoms with van der Waals surface area (Å²) in [6, 6.07) is 6.72. The smallest absolute Gasteiger partial charge is 0.120 e. The van der Waals surface area contributed by atoms with Crippen LogP contribution in [0.3, 0.4) is 0 Å². The van der Waals surface area contributed by atoms with Crippen LogP contribution in [0.5, 0.6) is 5.75 Å². The van der Waals surface area contributed by atoms with E-state index in [-0.39, 0.29) is 0 Å². The second kappa shape index (κ2) is 8.61. The molecule has 2 aliphatic rings. The van der Waals surface area contributed by atoms with Gasteiger partial charge in [-0.05, 0) is 86.1 Å². The Morgan fingerprint density at radius 3 is 2.54 bits per heavy atom. The fraction of sp³-hybridized carbons (Fsp3) is 0.667. The van der Waals surface area contributed by atoms with Gasteiger partial charge in [0.15, 0.2) is 0 Å². The topological polar surface area (TPSA) is 21.3 Å². The number of aryl methyl sites for hydroxylation is 1. The van der Waals surface area contributed by atoms with E-state index in [0.717, 1.165) is 31.2 Å². The molecule has 0 unspecified atom stereocenters. The van der Waals surface area contributed by atoms with Crippen LogP contribution in [0.1, 0.15) is 77.3 Å². The third kappa shape index (κ3) is 5.13. The van der Waals surface area contributed by atoms with Gasteiger partial charge in [0.05, 0.1) is 6.10 Å². The number of hydrogen-bond acceptors (Lipinski definition) is 2. The zero-order valence-corrected chi connectivity index (χ0v) is 17.2. The van der Waals surface area contributed by atoms with Crippen LogP contribution in [-0.4, -0.2) is 19.2 Å². The Morgan fingerprint density at radius 1 is 1.08 bits per heavy atom. The van der Waals surface area contributed by atoms with Crippen molar-refractivity contribution >= 4 is 6.08 Å². The predicted molar refractivity (Wildman–Crippen MR) is 112 cm³/mol. The minimum Gasteiger partial charge on any atom is -0.490 e. The number of rotatable bonds is 6. The van der Waals surface area contributed by atoms with Crippen LogP contribution in [0.4, 0.5) is 0 Å². The molecule has 1 fully saturated rings. The molecule has 2 heteroatoms. The summed E-state index contributed by atoms with van der Waals surface area (Å²) in [5, 5.41) is 3.52. The molecule has 0 amide bonds. The largest absolute Gasteiger partial charge is 0.490 e. The van der Waals surface area contributed by atoms with Crippen molar-refractivity contribution in [3.8, 4) is 5.75 Å². The lowest BCUT2D eigenvalue weighted by atomic mass is 9.72. The lowest BCUT2D eigenvalue weighted by Gasteiger charge is -2.37. The maximum Gasteiger partial charge on any atom is 0.120 e. The van der Waals surface area contributed by atoms with Crippen molar-refractivity contribution < 1.29 is 4.74 Å². The van der Waals surface area contributed by atoms with Crippen molar-refractivity contribution in [3.63, 3.8) is 0 Å². The number of ether oxygens (including phenoxy) is 1. The molecule has 2 nitrogen and oxygen atoms in total. The van der Waals surface area contributed by atoms with E-state index >= 15 is 0 Å². The Hall–Kier alpha value is -1.28. The normalized spacial score (nSPS) is 23.3. The Balaban J connectivity index is 1.56. The molecule has 0 heterocycles. The Labute approximate surface area is 160 Å². The molecule has 1 saturated carbocycles. The summed E-state index contributed by atoms with van der Waals surface area (Å²) in [6.45, 7) is 11.5. The number of fused-ring (bicyclic) bond motifs is 1. The van der Waals surface area contributed by atoms with Crippen LogP contribution in [0.15, 0.2) is 23.8 Å². The first kappa shape index (κ1) is 19.5. The number of nitrogens with one attached hydrogen (secondary N) is 1. The highest BCUT2D eigenvalue weighted by atomic mass is 16.5. The quantitative estimate of drug-likeness (QED) is 0.632. The lowest BCUT2D eigenvalue weighted by molar-refractivity contribution is 0.0881. The van der Waals surface area contributed by atoms with Crippen molar-refractivity contribution in [2.45, 2.75) is 78.7 Å². The van der Waals surface area contributed by atoms with Crippen LogP contribution < -0.4 is 10.1 Å². The molecule has 0 aliphatic heterocycles. The minimum atomic E-state index is 0.402. The molecule has 1 aromatic rings. The van der Waals surface area contributed by atoms with Gasteiger partial charge in [-0.2, -0.15) is 0 Å². The van der Waals surface area contributed by atoms with E-state index in [1.54, 1.807) is 0 Å². The number of hydrogen-bond donors (Lipinski definition) is 1. The van der Waals surface area contributed by atoms with Crippen LogP contribution in [0, 0.1) is 11.3 Å². The van der Waals surface area contributed by atoms with Crippen LogP contribution in [0.25, 0.3) is 6.08 Å². The van der Waals surface area contributed by atoms with Crippen LogP contribution >= 0.6 is 0 Å². The highest BCUT2D eigenvalue weighted by Crippen LogP contribution is 2.39. The van der Waals surface area contributed by atoms with Gasteiger partial charge in [-0.15, -0.1) is 0 Å². The molecule has 1 N–H and O–H groups in total. The van der Waals surface area contributed by atoms with Gasteiger partial charge in [0, 0.05) is 6.54 Å². The fourth-order valence-corrected chi connectivity index (χ4v) is 4.40. The average Bonchev–Trinajstić information content (AvgIpc) is 2.62. The summed E-state index contributed by atoms with van der Waals surface area (Å²) in [6.07, 6.45) is 11.3. The first-order valence-corrected chi connectivity index (χ1v) is 10.7. The molecule has 0 saturated heterocycles. The maximum atomic E-state index is 6.36. The summed E-state index contributed by atoms with van der Waals surface area (Å²) in [5.41, 5.74) is 4.80. The molecule has 0 bridgehead atoms. The van der Waals surface area contributed by atoms with Gasteiger partial charge < -0.3 is 10.1 Å². The average molecular weight is 356 g/mol. The molecule has 1 aromatic carbocycles. The van der Waals surface area contributed by atoms with Gasteiger partial charge in [0.25, 0.3) is 0 Å². The van der Waals surface area contributed by atoms with Gasteiger partial charge >= 0.3 is 0 Å². The molecule has 0 spiro atoms. The van der Waals surface area contributed by atoms with Crippen LogP contribution in [-0.2, 0) is 6.42 Å². The second-order valence-corrected chi connectivity index (χ2v) is 9.30. The van der Waals surface area contributed by atoms with Crippen molar-refractivity contribution in [1.29, 1.82) is 0 Å². The molecule has 0 atom stereocenters. The summed E-state index contributed by atoms with van der Waals surface area (Å²) < 4.78 is 6.36. The first-order chi connectivity index (χ1) is 12.5. The molecule has 0 radical (unpaired) electrons. The zero-order chi connectivity index (χ0) is 18.6. The molecule has 2 aliphatic carbocycles. The number of benzene rings is 1. The Kier molecular flexibility index (Phi) is 6.45. The van der Waals surface area contributed by atoms with Gasteiger partial charge in [-0.3, -0.25) is 0 Å². The van der Waals surface area contributed by atoms with Crippen molar-refractivity contribution in [1.82, 2.24) is 5.32 Å². The second-order valence-electron chi connectivity index (χ2n) is 9.30. The van der Waals surface area contributed by atoms with E-state index in [9.17, 15) is 0 Å². The van der Waals surface area contributed by atoms with E-state index in [4.69, 9.17) is 4.74 Å². The van der Waals surface area contributed by atoms with Crippen LogP contribution in [0.2, 0.25) is 0 Å². The monoisotopic (exact) mass is 355 g/mol. The van der Waals surface area contributed by atoms with Crippen molar-refractivity contribution in [2.24, 2.45) is 11.3 Å². The summed E-state index contributed by atoms with van der Waals surface area (Å²) in [5.74, 6) is 1.92. The van der Waals surface area contributed by atoms with Gasteiger partial charge in [0.1, 0.15) is 5.75 Å². The first-order valence-electron chi connectivity index (χ1n) is 10.7. The molecule has 0 aromatic heterocycles. The predicted octanol–water partition coefficient (Wildman–Crippen LogP) is 6.00. The molecule has 144 valence electrons. The van der Waals surface area contributed by atoms with Crippen molar-refractivity contribution in [2.75, 3.05) is 13.1 Å². The summed E-state index contributed by atoms with van der Waals surface area (Å²) in [4.78, 5) is 0. The maximum absolute atomic E-state index is 6.36. The minimum absolute atomic E-state index is 0.402. The standard InChI is InChI=1S/C24H37NO/c1-5-14-25-17-18-6-7-20-16-23(11-8-19(20)15-18)26-22-12-9-21(10-13-22)24(2,3)4/h8,11,15-16,21-22,25H,5-7,9-10,12-14,17H2,1-4H3. The summed E-state index contributed by atoms with van der Waals surface area (Å²) >= 11 is 0. The van der Waals surface area contributed by atoms with Crippen molar-refractivity contribution in [3.05, 3.63) is 34.9 Å². The molecular formula is C24H37NO. The Bertz CT molecular complexity index is 618. The SMILES string of the molecule is CCCNCC1=Cc2ccc(OC3CCC(C(C)(C)C)CC3)cc2CC1. The van der Waals surface area contributed by atoms with E-state index in [1.165, 1.54) is 55.2 Å². The van der Waals surface area contributed by atoms with Gasteiger partial charge in [-0.25, -0.2) is 0 Å². The fourth-order valence-electron chi connectivity index (χ4n) is 4.40. The molecule has 26 heavy (non-hydrogen) atoms. The van der Waals surface area contributed by atoms with Gasteiger partial charge in [-0.1, -0.05) is 45.4 Å². The highest BCUT2D eigenvalue weighted by Gasteiger charge is 2.30. The van der Waals surface area contributed by atoms with Gasteiger partial charge in [0.2, 0.25) is 0 Å². The third-order valence-corrected chi connectivity index (χ3v) is 6.17. The molecule has 3 rings (SSSR count). The third-order valence-electron chi connectivity index (χ3n) is 6.17. The zero-order valence-electron chi connectivity index (χ0n) is 17.2. The van der Waals surface area contributed by atoms with E-state index in [1.807, 2.05) is 0 Å². The lowest BCUT2D eigenvalue weighted by Crippen LogP contribution is -2.30. The van der Waals surface area contributed by atoms with E-state index in [0.29, 0.717) is 11.5 Å². The highest BCUT2D eigenvalue weighted by molar-refractivity contribution is 5.61. The van der Waals surface area contributed by atoms with E-state index in [2.05, 4.69) is 57.3 Å².